The van der Waals surface area contributed by atoms with Gasteiger partial charge in [0, 0.05) is 18.7 Å². The van der Waals surface area contributed by atoms with E-state index in [9.17, 15) is 14.3 Å². The lowest BCUT2D eigenvalue weighted by atomic mass is 10.1. The number of anilines is 1. The summed E-state index contributed by atoms with van der Waals surface area (Å²) >= 11 is 0. The van der Waals surface area contributed by atoms with Crippen molar-refractivity contribution in [2.75, 3.05) is 25.1 Å². The summed E-state index contributed by atoms with van der Waals surface area (Å²) in [5, 5.41) is 12.9. The van der Waals surface area contributed by atoms with Gasteiger partial charge in [0.2, 0.25) is 0 Å². The molecule has 24 heavy (non-hydrogen) atoms. The molecule has 1 aromatic heterocycles. The first-order chi connectivity index (χ1) is 11.6. The van der Waals surface area contributed by atoms with Crippen molar-refractivity contribution < 1.29 is 23.4 Å². The van der Waals surface area contributed by atoms with E-state index >= 15 is 0 Å². The summed E-state index contributed by atoms with van der Waals surface area (Å²) in [6, 6.07) is 8.46. The van der Waals surface area contributed by atoms with Crippen LogP contribution in [0.3, 0.4) is 0 Å². The first kappa shape index (κ1) is 16.5. The minimum atomic E-state index is -0.823. The van der Waals surface area contributed by atoms with Crippen molar-refractivity contribution >= 4 is 11.7 Å². The Morgan fingerprint density at radius 3 is 3.04 bits per heavy atom. The molecule has 0 spiro atoms. The van der Waals surface area contributed by atoms with E-state index in [1.165, 1.54) is 24.5 Å². The van der Waals surface area contributed by atoms with Crippen molar-refractivity contribution in [2.45, 2.75) is 18.6 Å². The second kappa shape index (κ2) is 7.46. The molecule has 0 radical (unpaired) electrons. The average molecular weight is 334 g/mol. The molecule has 2 heterocycles. The van der Waals surface area contributed by atoms with Crippen molar-refractivity contribution in [1.29, 1.82) is 0 Å². The zero-order valence-corrected chi connectivity index (χ0v) is 13.0. The lowest BCUT2D eigenvalue weighted by Crippen LogP contribution is -2.50. The van der Waals surface area contributed by atoms with Crippen molar-refractivity contribution in [3.05, 3.63) is 54.2 Å². The highest BCUT2D eigenvalue weighted by atomic mass is 19.1. The van der Waals surface area contributed by atoms with E-state index in [1.54, 1.807) is 23.1 Å². The highest BCUT2D eigenvalue weighted by molar-refractivity contribution is 5.89. The quantitative estimate of drug-likeness (QED) is 0.901. The van der Waals surface area contributed by atoms with Crippen LogP contribution in [-0.4, -0.2) is 41.8 Å². The summed E-state index contributed by atoms with van der Waals surface area (Å²) in [6.45, 7) is 1.15. The number of ether oxygens (including phenoxy) is 1. The SMILES string of the molecule is O=C(Nc1cccc(F)c1)N1CCOC[C@H]1C[C@@H](O)c1ccco1. The van der Waals surface area contributed by atoms with Crippen LogP contribution in [0.5, 0.6) is 0 Å². The topological polar surface area (TPSA) is 74.9 Å². The zero-order valence-electron chi connectivity index (χ0n) is 13.0. The Balaban J connectivity index is 1.66. The van der Waals surface area contributed by atoms with Crippen LogP contribution in [0.1, 0.15) is 18.3 Å². The number of nitrogens with one attached hydrogen (secondary N) is 1. The van der Waals surface area contributed by atoms with Crippen LogP contribution in [0.25, 0.3) is 0 Å². The summed E-state index contributed by atoms with van der Waals surface area (Å²) < 4.78 is 23.9. The van der Waals surface area contributed by atoms with Gasteiger partial charge >= 0.3 is 6.03 Å². The molecule has 0 saturated carbocycles. The maximum atomic E-state index is 13.2. The number of rotatable bonds is 4. The zero-order chi connectivity index (χ0) is 16.9. The largest absolute Gasteiger partial charge is 0.467 e. The standard InChI is InChI=1S/C17H19FN2O4/c18-12-3-1-4-13(9-12)19-17(22)20-6-8-23-11-14(20)10-15(21)16-5-2-7-24-16/h1-5,7,9,14-15,21H,6,8,10-11H2,(H,19,22)/t14-,15-/m1/s1. The number of hydrogen-bond acceptors (Lipinski definition) is 4. The molecule has 6 nitrogen and oxygen atoms in total. The highest BCUT2D eigenvalue weighted by Gasteiger charge is 2.30. The fraction of sp³-hybridized carbons (Fsp3) is 0.353. The Kier molecular flexibility index (Phi) is 5.12. The predicted molar refractivity (Wildman–Crippen MR) is 85.0 cm³/mol. The summed E-state index contributed by atoms with van der Waals surface area (Å²) in [6.07, 6.45) is 0.963. The second-order valence-electron chi connectivity index (χ2n) is 5.63. The van der Waals surface area contributed by atoms with E-state index in [1.807, 2.05) is 0 Å². The van der Waals surface area contributed by atoms with Crippen LogP contribution in [0.15, 0.2) is 47.1 Å². The number of morpholine rings is 1. The van der Waals surface area contributed by atoms with Gasteiger partial charge in [-0.15, -0.1) is 0 Å². The lowest BCUT2D eigenvalue weighted by molar-refractivity contribution is -0.00713. The van der Waals surface area contributed by atoms with Gasteiger partial charge in [-0.2, -0.15) is 0 Å². The smallest absolute Gasteiger partial charge is 0.322 e. The number of furan rings is 1. The number of carbonyl (C=O) groups is 1. The van der Waals surface area contributed by atoms with Gasteiger partial charge < -0.3 is 24.5 Å². The summed E-state index contributed by atoms with van der Waals surface area (Å²) in [5.41, 5.74) is 0.386. The molecule has 0 unspecified atom stereocenters. The van der Waals surface area contributed by atoms with Gasteiger partial charge in [-0.05, 0) is 30.3 Å². The molecule has 2 atom stereocenters. The number of aliphatic hydroxyl groups excluding tert-OH is 1. The van der Waals surface area contributed by atoms with Crippen LogP contribution in [0, 0.1) is 5.82 Å². The van der Waals surface area contributed by atoms with Crippen molar-refractivity contribution in [2.24, 2.45) is 0 Å². The number of amides is 2. The molecule has 128 valence electrons. The number of nitrogens with zero attached hydrogens (tertiary/aromatic N) is 1. The number of benzene rings is 1. The molecule has 1 aromatic carbocycles. The minimum absolute atomic E-state index is 0.296. The van der Waals surface area contributed by atoms with Gasteiger partial charge in [-0.25, -0.2) is 9.18 Å². The Bertz CT molecular complexity index is 677. The lowest BCUT2D eigenvalue weighted by Gasteiger charge is -2.36. The van der Waals surface area contributed by atoms with E-state index in [-0.39, 0.29) is 12.1 Å². The third-order valence-corrected chi connectivity index (χ3v) is 3.93. The maximum Gasteiger partial charge on any atom is 0.322 e. The minimum Gasteiger partial charge on any atom is -0.467 e. The van der Waals surface area contributed by atoms with Gasteiger partial charge in [0.05, 0.1) is 25.5 Å². The fourth-order valence-corrected chi connectivity index (χ4v) is 2.73. The van der Waals surface area contributed by atoms with Crippen LogP contribution in [-0.2, 0) is 4.74 Å². The van der Waals surface area contributed by atoms with E-state index in [4.69, 9.17) is 9.15 Å². The number of halogens is 1. The fourth-order valence-electron chi connectivity index (χ4n) is 2.73. The van der Waals surface area contributed by atoms with Gasteiger partial charge in [0.1, 0.15) is 17.7 Å². The molecule has 0 bridgehead atoms. The van der Waals surface area contributed by atoms with Crippen molar-refractivity contribution in [3.63, 3.8) is 0 Å². The predicted octanol–water partition coefficient (Wildman–Crippen LogP) is 2.78. The monoisotopic (exact) mass is 334 g/mol. The molecule has 1 saturated heterocycles. The van der Waals surface area contributed by atoms with E-state index in [0.717, 1.165) is 0 Å². The van der Waals surface area contributed by atoms with E-state index in [0.29, 0.717) is 37.6 Å². The van der Waals surface area contributed by atoms with Gasteiger partial charge in [-0.1, -0.05) is 6.07 Å². The van der Waals surface area contributed by atoms with Crippen LogP contribution in [0.4, 0.5) is 14.9 Å². The summed E-state index contributed by atoms with van der Waals surface area (Å²) in [5.74, 6) is 0.0330. The number of hydrogen-bond donors (Lipinski definition) is 2. The number of carbonyl (C=O) groups excluding carboxylic acids is 1. The van der Waals surface area contributed by atoms with Crippen LogP contribution < -0.4 is 5.32 Å². The van der Waals surface area contributed by atoms with Gasteiger partial charge in [-0.3, -0.25) is 0 Å². The summed E-state index contributed by atoms with van der Waals surface area (Å²) in [7, 11) is 0. The number of urea groups is 1. The highest BCUT2D eigenvalue weighted by Crippen LogP contribution is 2.23. The van der Waals surface area contributed by atoms with E-state index in [2.05, 4.69) is 5.32 Å². The van der Waals surface area contributed by atoms with Crippen LogP contribution in [0.2, 0.25) is 0 Å². The third-order valence-electron chi connectivity index (χ3n) is 3.93. The molecule has 1 aliphatic rings. The van der Waals surface area contributed by atoms with Crippen molar-refractivity contribution in [1.82, 2.24) is 4.90 Å². The molecule has 7 heteroatoms. The Labute approximate surface area is 138 Å². The summed E-state index contributed by atoms with van der Waals surface area (Å²) in [4.78, 5) is 14.1. The second-order valence-corrected chi connectivity index (χ2v) is 5.63. The molecule has 1 aliphatic heterocycles. The molecule has 0 aliphatic carbocycles. The first-order valence-corrected chi connectivity index (χ1v) is 7.76. The van der Waals surface area contributed by atoms with E-state index < -0.39 is 11.9 Å². The Hall–Kier alpha value is -2.38. The Morgan fingerprint density at radius 1 is 1.42 bits per heavy atom. The Morgan fingerprint density at radius 2 is 2.29 bits per heavy atom. The van der Waals surface area contributed by atoms with Crippen molar-refractivity contribution in [3.8, 4) is 0 Å². The normalized spacial score (nSPS) is 19.1. The molecule has 2 aromatic rings. The first-order valence-electron chi connectivity index (χ1n) is 7.76. The van der Waals surface area contributed by atoms with Crippen LogP contribution >= 0.6 is 0 Å². The molecular weight excluding hydrogens is 315 g/mol. The maximum absolute atomic E-state index is 13.2. The molecule has 1 fully saturated rings. The number of aliphatic hydroxyl groups is 1. The molecule has 2 N–H and O–H groups in total. The molecule has 2 amide bonds. The van der Waals surface area contributed by atoms with Gasteiger partial charge in [0.15, 0.2) is 0 Å². The average Bonchev–Trinajstić information content (AvgIpc) is 3.10. The molecular formula is C17H19FN2O4. The molecule has 3 rings (SSSR count). The van der Waals surface area contributed by atoms with Gasteiger partial charge in [0.25, 0.3) is 0 Å². The third kappa shape index (κ3) is 3.93.